The first-order valence-corrected chi connectivity index (χ1v) is 6.08. The van der Waals surface area contributed by atoms with Gasteiger partial charge in [0.15, 0.2) is 11.0 Å². The van der Waals surface area contributed by atoms with Crippen molar-refractivity contribution in [2.75, 3.05) is 11.1 Å². The van der Waals surface area contributed by atoms with Gasteiger partial charge in [0, 0.05) is 5.69 Å². The molecule has 1 amide bonds. The van der Waals surface area contributed by atoms with Crippen LogP contribution < -0.4 is 11.1 Å². The van der Waals surface area contributed by atoms with Crippen LogP contribution in [0.3, 0.4) is 0 Å². The van der Waals surface area contributed by atoms with Crippen molar-refractivity contribution in [3.63, 3.8) is 0 Å². The number of halogens is 2. The lowest BCUT2D eigenvalue weighted by Crippen LogP contribution is -2.15. The number of hydrogen-bond donors (Lipinski definition) is 2. The Labute approximate surface area is 119 Å². The summed E-state index contributed by atoms with van der Waals surface area (Å²) >= 11 is 11.6. The summed E-state index contributed by atoms with van der Waals surface area (Å²) in [6.07, 6.45) is 1.21. The molecule has 7 heteroatoms. The average Bonchev–Trinajstić information content (AvgIpc) is 2.38. The van der Waals surface area contributed by atoms with Crippen molar-refractivity contribution in [2.24, 2.45) is 0 Å². The molecule has 0 aliphatic rings. The van der Waals surface area contributed by atoms with Crippen molar-refractivity contribution in [1.82, 2.24) is 9.97 Å². The van der Waals surface area contributed by atoms with Gasteiger partial charge in [-0.3, -0.25) is 4.79 Å². The number of nitrogens with two attached hydrogens (primary N) is 1. The van der Waals surface area contributed by atoms with Crippen LogP contribution in [0.4, 0.5) is 11.5 Å². The highest BCUT2D eigenvalue weighted by molar-refractivity contribution is 6.43. The topological polar surface area (TPSA) is 80.9 Å². The summed E-state index contributed by atoms with van der Waals surface area (Å²) < 4.78 is 0. The van der Waals surface area contributed by atoms with E-state index in [0.717, 1.165) is 5.56 Å². The summed E-state index contributed by atoms with van der Waals surface area (Å²) in [5, 5.41) is 2.71. The average molecular weight is 297 g/mol. The molecule has 0 unspecified atom stereocenters. The van der Waals surface area contributed by atoms with Crippen LogP contribution in [0.15, 0.2) is 24.5 Å². The maximum Gasteiger partial charge on any atom is 0.258 e. The van der Waals surface area contributed by atoms with Crippen LogP contribution in [-0.2, 0) is 0 Å². The van der Waals surface area contributed by atoms with Crippen LogP contribution in [0.5, 0.6) is 0 Å². The fourth-order valence-corrected chi connectivity index (χ4v) is 1.76. The first-order chi connectivity index (χ1) is 8.99. The highest BCUT2D eigenvalue weighted by Crippen LogP contribution is 2.26. The SMILES string of the molecule is Cc1ccc(N)c(C(=O)Nc2ncnc(Cl)c2Cl)c1. The van der Waals surface area contributed by atoms with Gasteiger partial charge in [-0.1, -0.05) is 34.8 Å². The van der Waals surface area contributed by atoms with Crippen LogP contribution in [0.2, 0.25) is 10.2 Å². The number of nitrogens with one attached hydrogen (secondary N) is 1. The Bertz CT molecular complexity index is 646. The molecule has 1 aromatic heterocycles. The predicted octanol–water partition coefficient (Wildman–Crippen LogP) is 2.93. The number of hydrogen-bond acceptors (Lipinski definition) is 4. The van der Waals surface area contributed by atoms with Crippen molar-refractivity contribution < 1.29 is 4.79 Å². The molecular weight excluding hydrogens is 287 g/mol. The minimum atomic E-state index is -0.405. The molecule has 0 atom stereocenters. The highest BCUT2D eigenvalue weighted by atomic mass is 35.5. The lowest BCUT2D eigenvalue weighted by molar-refractivity contribution is 0.102. The molecule has 0 spiro atoms. The van der Waals surface area contributed by atoms with E-state index in [4.69, 9.17) is 28.9 Å². The van der Waals surface area contributed by atoms with Gasteiger partial charge in [-0.15, -0.1) is 0 Å². The highest BCUT2D eigenvalue weighted by Gasteiger charge is 2.14. The monoisotopic (exact) mass is 296 g/mol. The summed E-state index contributed by atoms with van der Waals surface area (Å²) in [4.78, 5) is 19.7. The van der Waals surface area contributed by atoms with Gasteiger partial charge in [-0.05, 0) is 19.1 Å². The Morgan fingerprint density at radius 2 is 2.05 bits per heavy atom. The molecule has 5 nitrogen and oxygen atoms in total. The Kier molecular flexibility index (Phi) is 3.87. The normalized spacial score (nSPS) is 10.3. The number of carbonyl (C=O) groups is 1. The van der Waals surface area contributed by atoms with Gasteiger partial charge in [-0.25, -0.2) is 9.97 Å². The first kappa shape index (κ1) is 13.6. The van der Waals surface area contributed by atoms with Crippen LogP contribution in [0.25, 0.3) is 0 Å². The molecule has 1 heterocycles. The van der Waals surface area contributed by atoms with E-state index in [0.29, 0.717) is 11.3 Å². The third-order valence-corrected chi connectivity index (χ3v) is 3.17. The second kappa shape index (κ2) is 5.42. The van der Waals surface area contributed by atoms with E-state index in [1.54, 1.807) is 12.1 Å². The third-order valence-electron chi connectivity index (χ3n) is 2.43. The van der Waals surface area contributed by atoms with Gasteiger partial charge >= 0.3 is 0 Å². The minimum absolute atomic E-state index is 0.0733. The quantitative estimate of drug-likeness (QED) is 0.659. The number of nitrogen functional groups attached to an aromatic ring is 1. The molecule has 2 aromatic rings. The lowest BCUT2D eigenvalue weighted by atomic mass is 10.1. The van der Waals surface area contributed by atoms with Gasteiger partial charge in [-0.2, -0.15) is 0 Å². The van der Waals surface area contributed by atoms with Crippen LogP contribution in [0, 0.1) is 6.92 Å². The molecule has 19 heavy (non-hydrogen) atoms. The molecule has 0 saturated heterocycles. The maximum atomic E-state index is 12.1. The van der Waals surface area contributed by atoms with Crippen molar-refractivity contribution in [2.45, 2.75) is 6.92 Å². The molecular formula is C12H10Cl2N4O. The van der Waals surface area contributed by atoms with E-state index in [-0.39, 0.29) is 16.0 Å². The molecule has 0 aliphatic carbocycles. The number of nitrogens with zero attached hydrogens (tertiary/aromatic N) is 2. The molecule has 1 aromatic carbocycles. The van der Waals surface area contributed by atoms with Crippen molar-refractivity contribution in [1.29, 1.82) is 0 Å². The van der Waals surface area contributed by atoms with E-state index < -0.39 is 5.91 Å². The van der Waals surface area contributed by atoms with Gasteiger partial charge in [0.25, 0.3) is 5.91 Å². The molecule has 0 fully saturated rings. The van der Waals surface area contributed by atoms with Gasteiger partial charge in [0.2, 0.25) is 0 Å². The Morgan fingerprint density at radius 1 is 1.32 bits per heavy atom. The van der Waals surface area contributed by atoms with Crippen molar-refractivity contribution >= 4 is 40.6 Å². The Morgan fingerprint density at radius 3 is 2.79 bits per heavy atom. The fraction of sp³-hybridized carbons (Fsp3) is 0.0833. The zero-order chi connectivity index (χ0) is 14.0. The third kappa shape index (κ3) is 2.94. The first-order valence-electron chi connectivity index (χ1n) is 5.32. The van der Waals surface area contributed by atoms with Crippen molar-refractivity contribution in [3.05, 3.63) is 45.8 Å². The summed E-state index contributed by atoms with van der Waals surface area (Å²) in [7, 11) is 0. The van der Waals surface area contributed by atoms with Gasteiger partial charge < -0.3 is 11.1 Å². The van der Waals surface area contributed by atoms with Crippen LogP contribution >= 0.6 is 23.2 Å². The zero-order valence-electron chi connectivity index (χ0n) is 9.95. The standard InChI is InChI=1S/C12H10Cl2N4O/c1-6-2-3-8(15)7(4-6)12(19)18-11-9(13)10(14)16-5-17-11/h2-5H,15H2,1H3,(H,16,17,18,19). The summed E-state index contributed by atoms with van der Waals surface area (Å²) in [6.45, 7) is 1.87. The second-order valence-electron chi connectivity index (χ2n) is 3.87. The molecule has 0 aliphatic heterocycles. The number of anilines is 2. The molecule has 0 radical (unpaired) electrons. The second-order valence-corrected chi connectivity index (χ2v) is 4.61. The number of carbonyl (C=O) groups excluding carboxylic acids is 1. The number of aromatic nitrogens is 2. The predicted molar refractivity (Wildman–Crippen MR) is 75.6 cm³/mol. The molecule has 98 valence electrons. The van der Waals surface area contributed by atoms with Gasteiger partial charge in [0.05, 0.1) is 5.56 Å². The Hall–Kier alpha value is -1.85. The number of benzene rings is 1. The molecule has 2 rings (SSSR count). The van der Waals surface area contributed by atoms with E-state index in [1.807, 2.05) is 13.0 Å². The van der Waals surface area contributed by atoms with E-state index in [2.05, 4.69) is 15.3 Å². The van der Waals surface area contributed by atoms with E-state index >= 15 is 0 Å². The minimum Gasteiger partial charge on any atom is -0.398 e. The smallest absolute Gasteiger partial charge is 0.258 e. The lowest BCUT2D eigenvalue weighted by Gasteiger charge is -2.09. The number of aryl methyl sites for hydroxylation is 1. The maximum absolute atomic E-state index is 12.1. The molecule has 3 N–H and O–H groups in total. The van der Waals surface area contributed by atoms with Crippen LogP contribution in [-0.4, -0.2) is 15.9 Å². The number of amides is 1. The van der Waals surface area contributed by atoms with E-state index in [9.17, 15) is 4.79 Å². The summed E-state index contributed by atoms with van der Waals surface area (Å²) in [6, 6.07) is 5.17. The molecule has 0 saturated carbocycles. The van der Waals surface area contributed by atoms with Crippen LogP contribution in [0.1, 0.15) is 15.9 Å². The Balaban J connectivity index is 2.31. The van der Waals surface area contributed by atoms with Gasteiger partial charge in [0.1, 0.15) is 11.3 Å². The van der Waals surface area contributed by atoms with E-state index in [1.165, 1.54) is 6.33 Å². The zero-order valence-corrected chi connectivity index (χ0v) is 11.5. The number of rotatable bonds is 2. The van der Waals surface area contributed by atoms with Crippen molar-refractivity contribution in [3.8, 4) is 0 Å². The molecule has 0 bridgehead atoms. The largest absolute Gasteiger partial charge is 0.398 e. The summed E-state index contributed by atoms with van der Waals surface area (Å²) in [5.74, 6) is -0.259. The summed E-state index contributed by atoms with van der Waals surface area (Å²) in [5.41, 5.74) is 7.41. The fourth-order valence-electron chi connectivity index (χ4n) is 1.48.